The molecule has 0 saturated heterocycles. The lowest BCUT2D eigenvalue weighted by molar-refractivity contribution is 0.168. The van der Waals surface area contributed by atoms with Crippen molar-refractivity contribution in [2.75, 3.05) is 6.61 Å². The van der Waals surface area contributed by atoms with Crippen molar-refractivity contribution in [1.29, 1.82) is 0 Å². The van der Waals surface area contributed by atoms with E-state index in [0.717, 1.165) is 17.1 Å². The minimum Gasteiger partial charge on any atom is -0.394 e. The Morgan fingerprint density at radius 3 is 2.89 bits per heavy atom. The molecule has 0 fully saturated rings. The third-order valence-corrected chi connectivity index (χ3v) is 5.04. The van der Waals surface area contributed by atoms with Crippen molar-refractivity contribution in [3.8, 4) is 9.88 Å². The van der Waals surface area contributed by atoms with Gasteiger partial charge in [0, 0.05) is 17.5 Å². The summed E-state index contributed by atoms with van der Waals surface area (Å²) in [5.41, 5.74) is 0.823. The summed E-state index contributed by atoms with van der Waals surface area (Å²) in [5.74, 6) is 0. The number of aliphatic hydroxyl groups excluding tert-OH is 1. The van der Waals surface area contributed by atoms with Gasteiger partial charge >= 0.3 is 0 Å². The Bertz CT molecular complexity index is 475. The first-order chi connectivity index (χ1) is 8.67. The maximum Gasteiger partial charge on any atom is 0.133 e. The zero-order valence-electron chi connectivity index (χ0n) is 10.6. The highest BCUT2D eigenvalue weighted by Crippen LogP contribution is 2.27. The maximum absolute atomic E-state index is 9.34. The molecule has 0 spiro atoms. The summed E-state index contributed by atoms with van der Waals surface area (Å²) in [6.07, 6.45) is 0.894. The first kappa shape index (κ1) is 13.7. The molecule has 5 heteroatoms. The molecule has 2 heterocycles. The SMILES string of the molecule is CCC(C)(CO)NCc1csc(-c2cccs2)n1. The molecule has 18 heavy (non-hydrogen) atoms. The summed E-state index contributed by atoms with van der Waals surface area (Å²) in [4.78, 5) is 5.82. The van der Waals surface area contributed by atoms with Crippen molar-refractivity contribution in [2.45, 2.75) is 32.4 Å². The smallest absolute Gasteiger partial charge is 0.133 e. The molecule has 1 atom stereocenters. The number of hydrogen-bond donors (Lipinski definition) is 2. The third kappa shape index (κ3) is 3.17. The molecule has 2 N–H and O–H groups in total. The average molecular weight is 282 g/mol. The van der Waals surface area contributed by atoms with Crippen molar-refractivity contribution in [1.82, 2.24) is 10.3 Å². The van der Waals surface area contributed by atoms with Crippen molar-refractivity contribution in [3.05, 3.63) is 28.6 Å². The van der Waals surface area contributed by atoms with Crippen LogP contribution in [0.2, 0.25) is 0 Å². The first-order valence-electron chi connectivity index (χ1n) is 6.01. The van der Waals surface area contributed by atoms with E-state index in [-0.39, 0.29) is 12.1 Å². The van der Waals surface area contributed by atoms with Crippen LogP contribution in [0.25, 0.3) is 9.88 Å². The monoisotopic (exact) mass is 282 g/mol. The number of nitrogens with one attached hydrogen (secondary N) is 1. The molecule has 0 saturated carbocycles. The summed E-state index contributed by atoms with van der Waals surface area (Å²) >= 11 is 3.38. The molecule has 0 aliphatic heterocycles. The molecule has 0 aliphatic rings. The average Bonchev–Trinajstić information content (AvgIpc) is 3.06. The Morgan fingerprint density at radius 2 is 2.28 bits per heavy atom. The summed E-state index contributed by atoms with van der Waals surface area (Å²) in [6.45, 7) is 4.94. The second-order valence-corrected chi connectivity index (χ2v) is 6.35. The van der Waals surface area contributed by atoms with E-state index in [1.807, 2.05) is 13.0 Å². The summed E-state index contributed by atoms with van der Waals surface area (Å²) < 4.78 is 0. The van der Waals surface area contributed by atoms with Crippen LogP contribution in [-0.4, -0.2) is 22.2 Å². The molecule has 0 aliphatic carbocycles. The zero-order valence-corrected chi connectivity index (χ0v) is 12.3. The van der Waals surface area contributed by atoms with E-state index in [0.29, 0.717) is 6.54 Å². The van der Waals surface area contributed by atoms with E-state index in [4.69, 9.17) is 0 Å². The first-order valence-corrected chi connectivity index (χ1v) is 7.77. The Kier molecular flexibility index (Phi) is 4.50. The fourth-order valence-corrected chi connectivity index (χ4v) is 3.13. The molecule has 0 amide bonds. The van der Waals surface area contributed by atoms with Gasteiger partial charge < -0.3 is 10.4 Å². The minimum absolute atomic E-state index is 0.144. The highest BCUT2D eigenvalue weighted by molar-refractivity contribution is 7.20. The van der Waals surface area contributed by atoms with E-state index in [1.165, 1.54) is 4.88 Å². The predicted molar refractivity (Wildman–Crippen MR) is 78.0 cm³/mol. The van der Waals surface area contributed by atoms with Crippen molar-refractivity contribution in [3.63, 3.8) is 0 Å². The highest BCUT2D eigenvalue weighted by Gasteiger charge is 2.20. The van der Waals surface area contributed by atoms with Gasteiger partial charge in [-0.15, -0.1) is 22.7 Å². The van der Waals surface area contributed by atoms with Gasteiger partial charge in [0.1, 0.15) is 5.01 Å². The quantitative estimate of drug-likeness (QED) is 0.855. The van der Waals surface area contributed by atoms with E-state index < -0.39 is 0 Å². The summed E-state index contributed by atoms with van der Waals surface area (Å²) in [6, 6.07) is 4.13. The third-order valence-electron chi connectivity index (χ3n) is 3.11. The van der Waals surface area contributed by atoms with E-state index in [9.17, 15) is 5.11 Å². The van der Waals surface area contributed by atoms with Crippen LogP contribution in [0.1, 0.15) is 26.0 Å². The number of nitrogens with zero attached hydrogens (tertiary/aromatic N) is 1. The molecule has 2 aromatic rings. The molecule has 1 unspecified atom stereocenters. The van der Waals surface area contributed by atoms with Gasteiger partial charge in [0.25, 0.3) is 0 Å². The molecular weight excluding hydrogens is 264 g/mol. The van der Waals surface area contributed by atoms with Gasteiger partial charge in [-0.1, -0.05) is 13.0 Å². The lowest BCUT2D eigenvalue weighted by Gasteiger charge is -2.26. The van der Waals surface area contributed by atoms with Crippen LogP contribution >= 0.6 is 22.7 Å². The molecule has 0 aromatic carbocycles. The Balaban J connectivity index is 1.99. The number of thiazole rings is 1. The van der Waals surface area contributed by atoms with E-state index in [2.05, 4.69) is 34.1 Å². The van der Waals surface area contributed by atoms with Crippen LogP contribution in [-0.2, 0) is 6.54 Å². The van der Waals surface area contributed by atoms with Gasteiger partial charge in [-0.05, 0) is 24.8 Å². The second kappa shape index (κ2) is 5.93. The Hall–Kier alpha value is -0.750. The zero-order chi connectivity index (χ0) is 13.0. The molecule has 2 aromatic heterocycles. The number of thiophene rings is 1. The lowest BCUT2D eigenvalue weighted by atomic mass is 10.0. The van der Waals surface area contributed by atoms with Crippen LogP contribution in [0.4, 0.5) is 0 Å². The normalized spacial score (nSPS) is 14.6. The second-order valence-electron chi connectivity index (χ2n) is 4.55. The Morgan fingerprint density at radius 1 is 1.44 bits per heavy atom. The number of hydrogen-bond acceptors (Lipinski definition) is 5. The van der Waals surface area contributed by atoms with Gasteiger partial charge in [-0.3, -0.25) is 0 Å². The van der Waals surface area contributed by atoms with Gasteiger partial charge in [0.2, 0.25) is 0 Å². The maximum atomic E-state index is 9.34. The Labute approximate surface area is 116 Å². The van der Waals surface area contributed by atoms with Gasteiger partial charge in [-0.25, -0.2) is 4.98 Å². The fraction of sp³-hybridized carbons (Fsp3) is 0.462. The van der Waals surface area contributed by atoms with Crippen molar-refractivity contribution in [2.24, 2.45) is 0 Å². The number of rotatable bonds is 6. The lowest BCUT2D eigenvalue weighted by Crippen LogP contribution is -2.44. The molecule has 0 bridgehead atoms. The van der Waals surface area contributed by atoms with Gasteiger partial charge in [0.05, 0.1) is 17.2 Å². The minimum atomic E-state index is -0.216. The molecule has 3 nitrogen and oxygen atoms in total. The topological polar surface area (TPSA) is 45.1 Å². The van der Waals surface area contributed by atoms with Crippen LogP contribution in [0.3, 0.4) is 0 Å². The largest absolute Gasteiger partial charge is 0.394 e. The molecule has 98 valence electrons. The van der Waals surface area contributed by atoms with Crippen molar-refractivity contribution >= 4 is 22.7 Å². The highest BCUT2D eigenvalue weighted by atomic mass is 32.1. The van der Waals surface area contributed by atoms with Crippen molar-refractivity contribution < 1.29 is 5.11 Å². The number of aliphatic hydroxyl groups is 1. The number of aromatic nitrogens is 1. The predicted octanol–water partition coefficient (Wildman–Crippen LogP) is 3.12. The van der Waals surface area contributed by atoms with Crippen LogP contribution in [0, 0.1) is 0 Å². The van der Waals surface area contributed by atoms with Crippen LogP contribution in [0.15, 0.2) is 22.9 Å². The van der Waals surface area contributed by atoms with Gasteiger partial charge in [-0.2, -0.15) is 0 Å². The molecule has 2 rings (SSSR count). The van der Waals surface area contributed by atoms with E-state index >= 15 is 0 Å². The van der Waals surface area contributed by atoms with Gasteiger partial charge in [0.15, 0.2) is 0 Å². The standard InChI is InChI=1S/C13H18N2OS2/c1-3-13(2,9-16)14-7-10-8-18-12(15-10)11-5-4-6-17-11/h4-6,8,14,16H,3,7,9H2,1-2H3. The molecule has 0 radical (unpaired) electrons. The van der Waals surface area contributed by atoms with E-state index in [1.54, 1.807) is 22.7 Å². The fourth-order valence-electron chi connectivity index (χ4n) is 1.50. The molecular formula is C13H18N2OS2. The van der Waals surface area contributed by atoms with Crippen LogP contribution < -0.4 is 5.32 Å². The summed E-state index contributed by atoms with van der Waals surface area (Å²) in [5, 5.41) is 17.9. The van der Waals surface area contributed by atoms with Crippen LogP contribution in [0.5, 0.6) is 0 Å². The summed E-state index contributed by atoms with van der Waals surface area (Å²) in [7, 11) is 0.